The fourth-order valence-electron chi connectivity index (χ4n) is 2.47. The molecule has 22 heavy (non-hydrogen) atoms. The van der Waals surface area contributed by atoms with E-state index in [-0.39, 0.29) is 10.8 Å². The minimum absolute atomic E-state index is 0.0679. The maximum absolute atomic E-state index is 13.1. The summed E-state index contributed by atoms with van der Waals surface area (Å²) in [6.07, 6.45) is -2.64. The van der Waals surface area contributed by atoms with Gasteiger partial charge in [-0.05, 0) is 37.0 Å². The quantitative estimate of drug-likeness (QED) is 0.683. The van der Waals surface area contributed by atoms with Crippen LogP contribution in [0, 0.1) is 5.92 Å². The van der Waals surface area contributed by atoms with Crippen LogP contribution in [0.1, 0.15) is 25.3 Å². The number of thioether (sulfide) groups is 1. The van der Waals surface area contributed by atoms with E-state index in [1.165, 1.54) is 17.8 Å². The number of halogens is 4. The lowest BCUT2D eigenvalue weighted by molar-refractivity contribution is -0.139. The van der Waals surface area contributed by atoms with Gasteiger partial charge in [0.15, 0.2) is 0 Å². The number of nitrogens with zero attached hydrogens (tertiary/aromatic N) is 1. The van der Waals surface area contributed by atoms with Crippen LogP contribution in [0.25, 0.3) is 0 Å². The van der Waals surface area contributed by atoms with Crippen LogP contribution >= 0.6 is 27.7 Å². The molecule has 0 atom stereocenters. The number of hydrogen-bond donors (Lipinski definition) is 0. The highest BCUT2D eigenvalue weighted by molar-refractivity contribution is 9.10. The SMILES string of the molecule is CC(=O)N1CCC(CSc2ccc(Br)cc2C(F)(F)F)CC1. The molecule has 1 aromatic carbocycles. The summed E-state index contributed by atoms with van der Waals surface area (Å²) in [6, 6.07) is 4.28. The monoisotopic (exact) mass is 395 g/mol. The standard InChI is InChI=1S/C15H17BrF3NOS/c1-10(21)20-6-4-11(5-7-20)9-22-14-3-2-12(16)8-13(14)15(17,18)19/h2-3,8,11H,4-7,9H2,1H3. The molecule has 0 aliphatic carbocycles. The molecule has 0 spiro atoms. The van der Waals surface area contributed by atoms with Gasteiger partial charge in [0.05, 0.1) is 5.56 Å². The number of hydrogen-bond acceptors (Lipinski definition) is 2. The number of benzene rings is 1. The molecule has 1 aromatic rings. The third-order valence-electron chi connectivity index (χ3n) is 3.78. The molecule has 1 heterocycles. The van der Waals surface area contributed by atoms with Gasteiger partial charge in [-0.1, -0.05) is 15.9 Å². The number of carbonyl (C=O) groups is 1. The van der Waals surface area contributed by atoms with Crippen LogP contribution in [0.4, 0.5) is 13.2 Å². The molecule has 0 aromatic heterocycles. The van der Waals surface area contributed by atoms with Gasteiger partial charge in [0.1, 0.15) is 0 Å². The topological polar surface area (TPSA) is 20.3 Å². The zero-order chi connectivity index (χ0) is 16.3. The lowest BCUT2D eigenvalue weighted by atomic mass is 9.99. The summed E-state index contributed by atoms with van der Waals surface area (Å²) in [5, 5.41) is 0. The molecule has 0 radical (unpaired) electrons. The summed E-state index contributed by atoms with van der Waals surface area (Å²) in [6.45, 7) is 2.95. The predicted octanol–water partition coefficient (Wildman–Crippen LogP) is 4.82. The van der Waals surface area contributed by atoms with E-state index in [9.17, 15) is 18.0 Å². The first-order valence-electron chi connectivity index (χ1n) is 7.02. The number of rotatable bonds is 3. The van der Waals surface area contributed by atoms with Gasteiger partial charge in [-0.15, -0.1) is 11.8 Å². The smallest absolute Gasteiger partial charge is 0.343 e. The average molecular weight is 396 g/mol. The van der Waals surface area contributed by atoms with Crippen LogP contribution in [0.2, 0.25) is 0 Å². The molecule has 122 valence electrons. The Kier molecular flexibility index (Phi) is 5.82. The summed E-state index contributed by atoms with van der Waals surface area (Å²) in [5.41, 5.74) is -0.590. The summed E-state index contributed by atoms with van der Waals surface area (Å²) >= 11 is 4.34. The Morgan fingerprint density at radius 3 is 2.55 bits per heavy atom. The van der Waals surface area contributed by atoms with Crippen molar-refractivity contribution < 1.29 is 18.0 Å². The van der Waals surface area contributed by atoms with Crippen molar-refractivity contribution in [3.63, 3.8) is 0 Å². The predicted molar refractivity (Wildman–Crippen MR) is 84.8 cm³/mol. The van der Waals surface area contributed by atoms with Gasteiger partial charge in [0, 0.05) is 35.1 Å². The van der Waals surface area contributed by atoms with E-state index in [1.807, 2.05) is 0 Å². The van der Waals surface area contributed by atoms with Gasteiger partial charge in [-0.3, -0.25) is 4.79 Å². The van der Waals surface area contributed by atoms with Gasteiger partial charge in [-0.25, -0.2) is 0 Å². The molecular formula is C15H17BrF3NOS. The van der Waals surface area contributed by atoms with Crippen molar-refractivity contribution in [1.82, 2.24) is 4.90 Å². The van der Waals surface area contributed by atoms with Crippen molar-refractivity contribution in [3.05, 3.63) is 28.2 Å². The minimum atomic E-state index is -4.34. The second-order valence-corrected chi connectivity index (χ2v) is 7.38. The molecule has 2 nitrogen and oxygen atoms in total. The second kappa shape index (κ2) is 7.25. The maximum Gasteiger partial charge on any atom is 0.417 e. The Labute approximate surface area is 140 Å². The van der Waals surface area contributed by atoms with Gasteiger partial charge >= 0.3 is 6.18 Å². The Hall–Kier alpha value is -0.690. The van der Waals surface area contributed by atoms with Crippen LogP contribution in [0.3, 0.4) is 0 Å². The van der Waals surface area contributed by atoms with Gasteiger partial charge in [-0.2, -0.15) is 13.2 Å². The molecule has 1 aliphatic heterocycles. The van der Waals surface area contributed by atoms with E-state index < -0.39 is 11.7 Å². The highest BCUT2D eigenvalue weighted by Crippen LogP contribution is 2.39. The Balaban J connectivity index is 1.97. The fourth-order valence-corrected chi connectivity index (χ4v) is 4.08. The number of carbonyl (C=O) groups excluding carboxylic acids is 1. The largest absolute Gasteiger partial charge is 0.417 e. The van der Waals surface area contributed by atoms with Crippen LogP contribution in [0.5, 0.6) is 0 Å². The van der Waals surface area contributed by atoms with E-state index in [4.69, 9.17) is 0 Å². The molecular weight excluding hydrogens is 379 g/mol. The lowest BCUT2D eigenvalue weighted by Gasteiger charge is -2.31. The Morgan fingerprint density at radius 1 is 1.36 bits per heavy atom. The summed E-state index contributed by atoms with van der Waals surface area (Å²) in [5.74, 6) is 1.07. The summed E-state index contributed by atoms with van der Waals surface area (Å²) < 4.78 is 39.6. The zero-order valence-corrected chi connectivity index (χ0v) is 14.5. The highest BCUT2D eigenvalue weighted by atomic mass is 79.9. The number of alkyl halides is 3. The molecule has 7 heteroatoms. The van der Waals surface area contributed by atoms with E-state index in [0.29, 0.717) is 29.2 Å². The molecule has 1 aliphatic rings. The molecule has 0 N–H and O–H groups in total. The Bertz CT molecular complexity index is 542. The average Bonchev–Trinajstić information content (AvgIpc) is 2.45. The van der Waals surface area contributed by atoms with Crippen molar-refractivity contribution in [2.75, 3.05) is 18.8 Å². The number of piperidine rings is 1. The first kappa shape index (κ1) is 17.7. The van der Waals surface area contributed by atoms with Crippen molar-refractivity contribution >= 4 is 33.6 Å². The molecule has 1 amide bonds. The number of amides is 1. The van der Waals surface area contributed by atoms with Crippen LogP contribution in [0.15, 0.2) is 27.6 Å². The number of likely N-dealkylation sites (tertiary alicyclic amines) is 1. The first-order valence-corrected chi connectivity index (χ1v) is 8.80. The summed E-state index contributed by atoms with van der Waals surface area (Å²) in [7, 11) is 0. The molecule has 0 bridgehead atoms. The Morgan fingerprint density at radius 2 is 2.00 bits per heavy atom. The van der Waals surface area contributed by atoms with E-state index >= 15 is 0 Å². The van der Waals surface area contributed by atoms with Crippen LogP contribution in [-0.2, 0) is 11.0 Å². The van der Waals surface area contributed by atoms with Gasteiger partial charge < -0.3 is 4.90 Å². The maximum atomic E-state index is 13.1. The van der Waals surface area contributed by atoms with Crippen molar-refractivity contribution in [1.29, 1.82) is 0 Å². The van der Waals surface area contributed by atoms with E-state index in [0.717, 1.165) is 18.9 Å². The van der Waals surface area contributed by atoms with E-state index in [2.05, 4.69) is 15.9 Å². The molecule has 1 saturated heterocycles. The summed E-state index contributed by atoms with van der Waals surface area (Å²) in [4.78, 5) is 13.3. The molecule has 0 saturated carbocycles. The van der Waals surface area contributed by atoms with Crippen LogP contribution < -0.4 is 0 Å². The van der Waals surface area contributed by atoms with Gasteiger partial charge in [0.25, 0.3) is 0 Å². The molecule has 2 rings (SSSR count). The molecule has 1 fully saturated rings. The van der Waals surface area contributed by atoms with Crippen LogP contribution in [-0.4, -0.2) is 29.6 Å². The van der Waals surface area contributed by atoms with Crippen molar-refractivity contribution in [3.8, 4) is 0 Å². The first-order chi connectivity index (χ1) is 10.3. The highest BCUT2D eigenvalue weighted by Gasteiger charge is 2.34. The minimum Gasteiger partial charge on any atom is -0.343 e. The zero-order valence-electron chi connectivity index (χ0n) is 12.1. The molecule has 0 unspecified atom stereocenters. The van der Waals surface area contributed by atoms with E-state index in [1.54, 1.807) is 17.9 Å². The second-order valence-electron chi connectivity index (χ2n) is 5.40. The van der Waals surface area contributed by atoms with Gasteiger partial charge in [0.2, 0.25) is 5.91 Å². The fraction of sp³-hybridized carbons (Fsp3) is 0.533. The van der Waals surface area contributed by atoms with Crippen molar-refractivity contribution in [2.45, 2.75) is 30.8 Å². The third-order valence-corrected chi connectivity index (χ3v) is 5.58. The van der Waals surface area contributed by atoms with Crippen molar-refractivity contribution in [2.24, 2.45) is 5.92 Å². The lowest BCUT2D eigenvalue weighted by Crippen LogP contribution is -2.37. The third kappa shape index (κ3) is 4.65. The normalized spacial score (nSPS) is 16.9.